The molecule has 1 aromatic carbocycles. The van der Waals surface area contributed by atoms with E-state index < -0.39 is 23.7 Å². The summed E-state index contributed by atoms with van der Waals surface area (Å²) in [4.78, 5) is 11.6. The van der Waals surface area contributed by atoms with Crippen molar-refractivity contribution in [1.29, 1.82) is 0 Å². The third kappa shape index (κ3) is 4.33. The molecular formula is C15H19F2NO2. The molecule has 0 unspecified atom stereocenters. The van der Waals surface area contributed by atoms with E-state index in [1.54, 1.807) is 26.8 Å². The summed E-state index contributed by atoms with van der Waals surface area (Å²) in [5, 5.41) is 2.13. The fraction of sp³-hybridized carbons (Fsp3) is 0.400. The molecule has 0 heterocycles. The fourth-order valence-electron chi connectivity index (χ4n) is 1.57. The predicted molar refractivity (Wildman–Crippen MR) is 73.7 cm³/mol. The minimum Gasteiger partial charge on any atom is -0.444 e. The number of hydrogen-bond donors (Lipinski definition) is 1. The first-order valence-corrected chi connectivity index (χ1v) is 6.22. The van der Waals surface area contributed by atoms with Crippen LogP contribution < -0.4 is 5.32 Å². The van der Waals surface area contributed by atoms with Gasteiger partial charge in [-0.05, 0) is 20.8 Å². The highest BCUT2D eigenvalue weighted by Crippen LogP contribution is 2.32. The zero-order valence-electron chi connectivity index (χ0n) is 11.8. The number of nitrogens with one attached hydrogen (secondary N) is 1. The van der Waals surface area contributed by atoms with E-state index in [1.165, 1.54) is 24.3 Å². The molecule has 110 valence electrons. The topological polar surface area (TPSA) is 38.3 Å². The molecule has 5 heteroatoms. The number of halogens is 2. The first-order chi connectivity index (χ1) is 9.16. The van der Waals surface area contributed by atoms with Gasteiger partial charge in [0.1, 0.15) is 11.6 Å². The second kappa shape index (κ2) is 6.03. The van der Waals surface area contributed by atoms with Crippen molar-refractivity contribution < 1.29 is 18.3 Å². The van der Waals surface area contributed by atoms with Gasteiger partial charge in [0.2, 0.25) is 0 Å². The molecule has 0 aliphatic rings. The van der Waals surface area contributed by atoms with Crippen LogP contribution >= 0.6 is 0 Å². The number of carbonyl (C=O) groups is 1. The maximum absolute atomic E-state index is 14.3. The Morgan fingerprint density at radius 1 is 1.30 bits per heavy atom. The number of rotatable bonds is 4. The van der Waals surface area contributed by atoms with Crippen LogP contribution in [0.5, 0.6) is 0 Å². The van der Waals surface area contributed by atoms with Crippen LogP contribution in [0.1, 0.15) is 26.3 Å². The minimum atomic E-state index is -3.26. The Balaban J connectivity index is 2.85. The normalized spacial score (nSPS) is 13.4. The first kappa shape index (κ1) is 16.1. The Labute approximate surface area is 117 Å². The zero-order chi connectivity index (χ0) is 15.4. The number of benzene rings is 1. The molecule has 1 aromatic rings. The van der Waals surface area contributed by atoms with Crippen molar-refractivity contribution in [3.8, 4) is 0 Å². The summed E-state index contributed by atoms with van der Waals surface area (Å²) in [6.07, 6.45) is 0.0923. The molecule has 0 aromatic heterocycles. The van der Waals surface area contributed by atoms with Gasteiger partial charge in [-0.25, -0.2) is 4.79 Å². The number of amides is 1. The molecule has 1 atom stereocenters. The fourth-order valence-corrected chi connectivity index (χ4v) is 1.57. The predicted octanol–water partition coefficient (Wildman–Crippen LogP) is 3.86. The molecule has 0 spiro atoms. The molecule has 3 nitrogen and oxygen atoms in total. The number of hydrogen-bond acceptors (Lipinski definition) is 2. The van der Waals surface area contributed by atoms with E-state index in [1.807, 2.05) is 0 Å². The summed E-state index contributed by atoms with van der Waals surface area (Å²) in [6, 6.07) is 5.72. The maximum Gasteiger partial charge on any atom is 0.408 e. The van der Waals surface area contributed by atoms with Crippen LogP contribution in [0, 0.1) is 0 Å². The van der Waals surface area contributed by atoms with Crippen molar-refractivity contribution in [1.82, 2.24) is 5.32 Å². The lowest BCUT2D eigenvalue weighted by molar-refractivity contribution is -0.0323. The number of alkyl halides is 2. The number of ether oxygens (including phenoxy) is 1. The smallest absolute Gasteiger partial charge is 0.408 e. The monoisotopic (exact) mass is 283 g/mol. The summed E-state index contributed by atoms with van der Waals surface area (Å²) in [7, 11) is 0. The van der Waals surface area contributed by atoms with E-state index in [0.717, 1.165) is 6.08 Å². The maximum atomic E-state index is 14.3. The van der Waals surface area contributed by atoms with E-state index in [-0.39, 0.29) is 5.56 Å². The molecule has 0 fully saturated rings. The van der Waals surface area contributed by atoms with Crippen LogP contribution in [0.15, 0.2) is 43.0 Å². The Morgan fingerprint density at radius 3 is 2.30 bits per heavy atom. The van der Waals surface area contributed by atoms with Crippen LogP contribution in [0.4, 0.5) is 13.6 Å². The van der Waals surface area contributed by atoms with Gasteiger partial charge in [0.15, 0.2) is 0 Å². The van der Waals surface area contributed by atoms with Gasteiger partial charge in [-0.15, -0.1) is 6.58 Å². The molecule has 0 bridgehead atoms. The Morgan fingerprint density at radius 2 is 1.85 bits per heavy atom. The molecule has 0 saturated carbocycles. The molecule has 20 heavy (non-hydrogen) atoms. The highest BCUT2D eigenvalue weighted by atomic mass is 19.3. The van der Waals surface area contributed by atoms with Gasteiger partial charge in [0.05, 0.1) is 0 Å². The van der Waals surface area contributed by atoms with Gasteiger partial charge < -0.3 is 10.1 Å². The highest BCUT2D eigenvalue weighted by Gasteiger charge is 2.41. The SMILES string of the molecule is C=C[C@@H](NC(=O)OC(C)(C)C)C(F)(F)c1ccccc1. The lowest BCUT2D eigenvalue weighted by atomic mass is 10.0. The third-order valence-corrected chi connectivity index (χ3v) is 2.46. The van der Waals surface area contributed by atoms with Crippen LogP contribution in [0.25, 0.3) is 0 Å². The average Bonchev–Trinajstić information content (AvgIpc) is 2.34. The van der Waals surface area contributed by atoms with Crippen LogP contribution in [-0.2, 0) is 10.7 Å². The molecule has 1 rings (SSSR count). The van der Waals surface area contributed by atoms with Crippen molar-refractivity contribution in [2.45, 2.75) is 38.3 Å². The molecule has 1 N–H and O–H groups in total. The van der Waals surface area contributed by atoms with Gasteiger partial charge in [-0.2, -0.15) is 8.78 Å². The highest BCUT2D eigenvalue weighted by molar-refractivity contribution is 5.68. The lowest BCUT2D eigenvalue weighted by Gasteiger charge is -2.27. The van der Waals surface area contributed by atoms with Crippen LogP contribution in [-0.4, -0.2) is 17.7 Å². The van der Waals surface area contributed by atoms with E-state index in [2.05, 4.69) is 11.9 Å². The van der Waals surface area contributed by atoms with Gasteiger partial charge in [-0.3, -0.25) is 0 Å². The summed E-state index contributed by atoms with van der Waals surface area (Å²) in [6.45, 7) is 8.32. The van der Waals surface area contributed by atoms with E-state index in [0.29, 0.717) is 0 Å². The lowest BCUT2D eigenvalue weighted by Crippen LogP contribution is -2.46. The van der Waals surface area contributed by atoms with E-state index in [4.69, 9.17) is 4.74 Å². The van der Waals surface area contributed by atoms with Gasteiger partial charge in [-0.1, -0.05) is 36.4 Å². The Bertz CT molecular complexity index is 467. The second-order valence-electron chi connectivity index (χ2n) is 5.35. The van der Waals surface area contributed by atoms with Crippen molar-refractivity contribution in [2.24, 2.45) is 0 Å². The summed E-state index contributed by atoms with van der Waals surface area (Å²) < 4.78 is 33.5. The van der Waals surface area contributed by atoms with Crippen molar-refractivity contribution in [3.63, 3.8) is 0 Å². The molecule has 0 aliphatic carbocycles. The summed E-state index contributed by atoms with van der Waals surface area (Å²) in [5.41, 5.74) is -0.946. The Kier molecular flexibility index (Phi) is 4.87. The molecule has 1 amide bonds. The summed E-state index contributed by atoms with van der Waals surface area (Å²) >= 11 is 0. The van der Waals surface area contributed by atoms with Crippen molar-refractivity contribution in [3.05, 3.63) is 48.6 Å². The number of alkyl carbamates (subject to hydrolysis) is 1. The van der Waals surface area contributed by atoms with Crippen LogP contribution in [0.3, 0.4) is 0 Å². The first-order valence-electron chi connectivity index (χ1n) is 6.22. The molecular weight excluding hydrogens is 264 g/mol. The Hall–Kier alpha value is -1.91. The number of carbonyl (C=O) groups excluding carboxylic acids is 1. The average molecular weight is 283 g/mol. The third-order valence-electron chi connectivity index (χ3n) is 2.46. The minimum absolute atomic E-state index is 0.194. The van der Waals surface area contributed by atoms with Gasteiger partial charge in [0.25, 0.3) is 5.92 Å². The van der Waals surface area contributed by atoms with Crippen LogP contribution in [0.2, 0.25) is 0 Å². The standard InChI is InChI=1S/C15H19F2NO2/c1-5-12(18-13(19)20-14(2,3)4)15(16,17)11-9-7-6-8-10-11/h5-10,12H,1H2,2-4H3,(H,18,19)/t12-/m1/s1. The quantitative estimate of drug-likeness (QED) is 0.852. The van der Waals surface area contributed by atoms with Crippen molar-refractivity contribution >= 4 is 6.09 Å². The second-order valence-corrected chi connectivity index (χ2v) is 5.35. The van der Waals surface area contributed by atoms with E-state index >= 15 is 0 Å². The summed E-state index contributed by atoms with van der Waals surface area (Å²) in [5.74, 6) is -3.26. The molecule has 0 aliphatic heterocycles. The van der Waals surface area contributed by atoms with Crippen molar-refractivity contribution in [2.75, 3.05) is 0 Å². The largest absolute Gasteiger partial charge is 0.444 e. The molecule has 0 saturated heterocycles. The molecule has 0 radical (unpaired) electrons. The van der Waals surface area contributed by atoms with Gasteiger partial charge >= 0.3 is 6.09 Å². The zero-order valence-corrected chi connectivity index (χ0v) is 11.8. The van der Waals surface area contributed by atoms with E-state index in [9.17, 15) is 13.6 Å². The van der Waals surface area contributed by atoms with Gasteiger partial charge in [0, 0.05) is 5.56 Å².